The predicted octanol–water partition coefficient (Wildman–Crippen LogP) is -0.0996. The fourth-order valence-electron chi connectivity index (χ4n) is 2.40. The van der Waals surface area contributed by atoms with Gasteiger partial charge >= 0.3 is 19.8 Å². The van der Waals surface area contributed by atoms with Gasteiger partial charge in [-0.25, -0.2) is 4.57 Å². The number of ether oxygens (including phenoxy) is 1. The van der Waals surface area contributed by atoms with Crippen molar-refractivity contribution < 1.29 is 47.5 Å². The third-order valence-corrected chi connectivity index (χ3v) is 6.14. The maximum absolute atomic E-state index is 12.2. The van der Waals surface area contributed by atoms with Crippen molar-refractivity contribution in [1.29, 1.82) is 0 Å². The maximum Gasteiger partial charge on any atom is 0.472 e. The molecule has 0 saturated carbocycles. The van der Waals surface area contributed by atoms with Crippen molar-refractivity contribution in [3.05, 3.63) is 0 Å². The van der Waals surface area contributed by atoms with E-state index in [9.17, 15) is 28.6 Å². The quantitative estimate of drug-likeness (QED) is 0.180. The minimum Gasteiger partial charge on any atom is -0.481 e. The zero-order valence-corrected chi connectivity index (χ0v) is 18.6. The van der Waals surface area contributed by atoms with E-state index >= 15 is 0 Å². The molecule has 1 fully saturated rings. The molecule has 0 bridgehead atoms. The molecule has 30 heavy (non-hydrogen) atoms. The Bertz CT molecular complexity index is 702. The van der Waals surface area contributed by atoms with Gasteiger partial charge in [0.15, 0.2) is 6.10 Å². The molecule has 0 aliphatic carbocycles. The molecular weight excluding hydrogens is 443 g/mol. The molecule has 1 rings (SSSR count). The van der Waals surface area contributed by atoms with Crippen molar-refractivity contribution in [3.8, 4) is 0 Å². The largest absolute Gasteiger partial charge is 0.481 e. The number of carbonyl (C=O) groups is 4. The molecule has 1 aliphatic rings. The lowest BCUT2D eigenvalue weighted by Gasteiger charge is -2.38. The molecular formula is C16H27N2O10PS. The number of hydrogen-bond donors (Lipinski definition) is 4. The third kappa shape index (κ3) is 9.00. The minimum absolute atomic E-state index is 0.0197. The molecule has 4 N–H and O–H groups in total. The van der Waals surface area contributed by atoms with Crippen molar-refractivity contribution in [2.24, 2.45) is 5.41 Å². The molecule has 1 saturated heterocycles. The molecule has 2 unspecified atom stereocenters. The molecule has 0 aromatic heterocycles. The Morgan fingerprint density at radius 1 is 1.27 bits per heavy atom. The van der Waals surface area contributed by atoms with E-state index in [4.69, 9.17) is 14.2 Å². The van der Waals surface area contributed by atoms with Crippen LogP contribution in [0.4, 0.5) is 0 Å². The fraction of sp³-hybridized carbons (Fsp3) is 0.750. The number of rotatable bonds is 11. The molecule has 172 valence electrons. The SMILES string of the molecule is COC(=O)C(CC(=O)O)SCCNC(=O)CCNC(=O)[C@@H]1OP(=O)(O)OCC1(C)C. The van der Waals surface area contributed by atoms with Crippen molar-refractivity contribution in [3.63, 3.8) is 0 Å². The van der Waals surface area contributed by atoms with E-state index in [1.54, 1.807) is 13.8 Å². The first-order chi connectivity index (χ1) is 13.9. The van der Waals surface area contributed by atoms with Crippen LogP contribution in [-0.2, 0) is 37.5 Å². The van der Waals surface area contributed by atoms with Crippen molar-refractivity contribution in [2.45, 2.75) is 38.0 Å². The van der Waals surface area contributed by atoms with E-state index in [-0.39, 0.29) is 38.4 Å². The molecule has 14 heteroatoms. The number of phosphoric acid groups is 1. The Hall–Kier alpha value is -1.66. The molecule has 0 radical (unpaired) electrons. The van der Waals surface area contributed by atoms with Crippen molar-refractivity contribution in [1.82, 2.24) is 10.6 Å². The Kier molecular flexibility index (Phi) is 10.2. The number of esters is 1. The second kappa shape index (κ2) is 11.7. The van der Waals surface area contributed by atoms with Gasteiger partial charge in [0.25, 0.3) is 0 Å². The van der Waals surface area contributed by atoms with Crippen LogP contribution in [0.2, 0.25) is 0 Å². The Labute approximate surface area is 178 Å². The second-order valence-corrected chi connectivity index (χ2v) is 9.80. The number of carbonyl (C=O) groups excluding carboxylic acids is 3. The number of hydrogen-bond acceptors (Lipinski definition) is 9. The number of nitrogens with one attached hydrogen (secondary N) is 2. The highest BCUT2D eigenvalue weighted by molar-refractivity contribution is 8.00. The summed E-state index contributed by atoms with van der Waals surface area (Å²) in [5.74, 6) is -2.49. The minimum atomic E-state index is -4.29. The Balaban J connectivity index is 2.33. The third-order valence-electron chi connectivity index (χ3n) is 4.00. The second-order valence-electron chi connectivity index (χ2n) is 7.09. The highest BCUT2D eigenvalue weighted by Crippen LogP contribution is 2.52. The highest BCUT2D eigenvalue weighted by atomic mass is 32.2. The number of amides is 2. The summed E-state index contributed by atoms with van der Waals surface area (Å²) in [6.45, 7) is 3.33. The van der Waals surface area contributed by atoms with E-state index in [0.29, 0.717) is 5.75 Å². The topological polar surface area (TPSA) is 178 Å². The van der Waals surface area contributed by atoms with Crippen LogP contribution in [0, 0.1) is 5.41 Å². The summed E-state index contributed by atoms with van der Waals surface area (Å²) < 4.78 is 25.6. The number of aliphatic carboxylic acids is 1. The summed E-state index contributed by atoms with van der Waals surface area (Å²) in [5.41, 5.74) is -0.827. The van der Waals surface area contributed by atoms with Crippen LogP contribution in [0.5, 0.6) is 0 Å². The predicted molar refractivity (Wildman–Crippen MR) is 106 cm³/mol. The van der Waals surface area contributed by atoms with E-state index in [2.05, 4.69) is 15.4 Å². The molecule has 0 aromatic carbocycles. The van der Waals surface area contributed by atoms with Gasteiger partial charge in [0.2, 0.25) is 11.8 Å². The first-order valence-electron chi connectivity index (χ1n) is 8.99. The first-order valence-corrected chi connectivity index (χ1v) is 11.5. The zero-order chi connectivity index (χ0) is 22.9. The van der Waals surface area contributed by atoms with Gasteiger partial charge in [0.1, 0.15) is 5.25 Å². The number of thioether (sulfide) groups is 1. The maximum atomic E-state index is 12.2. The van der Waals surface area contributed by atoms with Gasteiger partial charge < -0.3 is 25.4 Å². The normalized spacial score (nSPS) is 23.8. The summed E-state index contributed by atoms with van der Waals surface area (Å²) in [5, 5.41) is 13.0. The van der Waals surface area contributed by atoms with E-state index in [1.807, 2.05) is 0 Å². The van der Waals surface area contributed by atoms with Gasteiger partial charge in [0.05, 0.1) is 20.1 Å². The molecule has 12 nitrogen and oxygen atoms in total. The molecule has 0 aromatic rings. The standard InChI is InChI=1S/C16H27N2O10PS/c1-16(2)9-27-29(24,25)28-13(16)14(22)18-5-4-11(19)17-6-7-30-10(8-12(20)21)15(23)26-3/h10,13H,4-9H2,1-3H3,(H,17,19)(H,18,22)(H,20,21)(H,24,25)/t10?,13-/m0/s1. The van der Waals surface area contributed by atoms with Crippen LogP contribution in [0.1, 0.15) is 26.7 Å². The molecule has 1 heterocycles. The molecule has 0 spiro atoms. The van der Waals surface area contributed by atoms with Crippen LogP contribution in [0.25, 0.3) is 0 Å². The van der Waals surface area contributed by atoms with Gasteiger partial charge in [0, 0.05) is 30.7 Å². The molecule has 2 amide bonds. The average Bonchev–Trinajstić information content (AvgIpc) is 2.65. The van der Waals surface area contributed by atoms with Gasteiger partial charge in [-0.1, -0.05) is 13.8 Å². The first kappa shape index (κ1) is 26.4. The van der Waals surface area contributed by atoms with Crippen LogP contribution in [0.3, 0.4) is 0 Å². The Morgan fingerprint density at radius 2 is 1.93 bits per heavy atom. The van der Waals surface area contributed by atoms with E-state index < -0.39 is 42.4 Å². The summed E-state index contributed by atoms with van der Waals surface area (Å²) in [4.78, 5) is 55.8. The van der Waals surface area contributed by atoms with Gasteiger partial charge in [-0.15, -0.1) is 11.8 Å². The lowest BCUT2D eigenvalue weighted by molar-refractivity contribution is -0.144. The number of phosphoric ester groups is 1. The van der Waals surface area contributed by atoms with Crippen LogP contribution >= 0.6 is 19.6 Å². The summed E-state index contributed by atoms with van der Waals surface area (Å²) in [6.07, 6.45) is -1.64. The van der Waals surface area contributed by atoms with E-state index in [0.717, 1.165) is 11.8 Å². The number of methoxy groups -OCH3 is 1. The zero-order valence-electron chi connectivity index (χ0n) is 16.9. The van der Waals surface area contributed by atoms with Crippen molar-refractivity contribution in [2.75, 3.05) is 32.6 Å². The Morgan fingerprint density at radius 3 is 2.53 bits per heavy atom. The van der Waals surface area contributed by atoms with Crippen molar-refractivity contribution >= 4 is 43.3 Å². The molecule has 3 atom stereocenters. The summed E-state index contributed by atoms with van der Waals surface area (Å²) in [7, 11) is -3.12. The monoisotopic (exact) mass is 470 g/mol. The van der Waals surface area contributed by atoms with E-state index in [1.165, 1.54) is 7.11 Å². The lowest BCUT2D eigenvalue weighted by atomic mass is 9.87. The van der Waals surface area contributed by atoms with Gasteiger partial charge in [-0.2, -0.15) is 0 Å². The van der Waals surface area contributed by atoms with Crippen LogP contribution in [-0.4, -0.2) is 77.7 Å². The summed E-state index contributed by atoms with van der Waals surface area (Å²) >= 11 is 1.05. The number of carboxylic acid groups (broad SMARTS) is 1. The van der Waals surface area contributed by atoms with Crippen LogP contribution in [0.15, 0.2) is 0 Å². The summed E-state index contributed by atoms with van der Waals surface area (Å²) in [6, 6.07) is 0. The smallest absolute Gasteiger partial charge is 0.472 e. The average molecular weight is 470 g/mol. The van der Waals surface area contributed by atoms with Gasteiger partial charge in [-0.3, -0.25) is 28.2 Å². The lowest BCUT2D eigenvalue weighted by Crippen LogP contribution is -2.49. The fourth-order valence-corrected chi connectivity index (χ4v) is 4.61. The molecule has 1 aliphatic heterocycles. The van der Waals surface area contributed by atoms with Gasteiger partial charge in [-0.05, 0) is 0 Å². The number of carboxylic acids is 1. The van der Waals surface area contributed by atoms with Crippen LogP contribution < -0.4 is 10.6 Å². The highest BCUT2D eigenvalue weighted by Gasteiger charge is 2.47.